The minimum Gasteiger partial charge on any atom is -0.334 e. The molecule has 0 bridgehead atoms. The van der Waals surface area contributed by atoms with E-state index in [1.807, 2.05) is 17.5 Å². The number of hydrogen-bond acceptors (Lipinski definition) is 3. The van der Waals surface area contributed by atoms with E-state index >= 15 is 0 Å². The minimum absolute atomic E-state index is 0.210. The normalized spacial score (nSPS) is 22.5. The van der Waals surface area contributed by atoms with Gasteiger partial charge in [0.05, 0.1) is 4.88 Å². The molecule has 2 rings (SSSR count). The molecule has 1 aromatic heterocycles. The monoisotopic (exact) mass is 252 g/mol. The number of rotatable bonds is 2. The van der Waals surface area contributed by atoms with Gasteiger partial charge in [0.2, 0.25) is 0 Å². The van der Waals surface area contributed by atoms with Crippen LogP contribution in [-0.2, 0) is 0 Å². The zero-order valence-electron chi connectivity index (χ0n) is 10.6. The lowest BCUT2D eigenvalue weighted by Crippen LogP contribution is -2.43. The summed E-state index contributed by atoms with van der Waals surface area (Å²) in [4.78, 5) is 17.7. The largest absolute Gasteiger partial charge is 0.334 e. The molecule has 1 saturated heterocycles. The van der Waals surface area contributed by atoms with Crippen LogP contribution in [0.1, 0.15) is 29.4 Å². The first-order valence-corrected chi connectivity index (χ1v) is 7.13. The molecule has 1 unspecified atom stereocenters. The Hall–Kier alpha value is -0.870. The van der Waals surface area contributed by atoms with Crippen molar-refractivity contribution in [2.24, 2.45) is 0 Å². The fraction of sp³-hybridized carbons (Fsp3) is 0.615. The quantitative estimate of drug-likeness (QED) is 0.806. The second-order valence-corrected chi connectivity index (χ2v) is 5.60. The lowest BCUT2D eigenvalue weighted by atomic mass is 10.2. The predicted octanol–water partition coefficient (Wildman–Crippen LogP) is 2.30. The van der Waals surface area contributed by atoms with Crippen LogP contribution < -0.4 is 0 Å². The molecule has 17 heavy (non-hydrogen) atoms. The fourth-order valence-electron chi connectivity index (χ4n) is 2.40. The zero-order chi connectivity index (χ0) is 12.3. The van der Waals surface area contributed by atoms with E-state index in [0.29, 0.717) is 6.04 Å². The molecule has 3 nitrogen and oxygen atoms in total. The van der Waals surface area contributed by atoms with Gasteiger partial charge in [-0.15, -0.1) is 11.3 Å². The van der Waals surface area contributed by atoms with Gasteiger partial charge < -0.3 is 9.80 Å². The van der Waals surface area contributed by atoms with Gasteiger partial charge in [-0.05, 0) is 37.9 Å². The van der Waals surface area contributed by atoms with Gasteiger partial charge in [-0.1, -0.05) is 13.0 Å². The van der Waals surface area contributed by atoms with Crippen LogP contribution in [0.2, 0.25) is 0 Å². The number of hydrogen-bond donors (Lipinski definition) is 0. The highest BCUT2D eigenvalue weighted by Crippen LogP contribution is 2.18. The highest BCUT2D eigenvalue weighted by molar-refractivity contribution is 7.12. The molecule has 1 aliphatic heterocycles. The molecule has 1 atom stereocenters. The molecule has 0 radical (unpaired) electrons. The lowest BCUT2D eigenvalue weighted by Gasteiger charge is -2.29. The average Bonchev–Trinajstić information content (AvgIpc) is 2.78. The topological polar surface area (TPSA) is 23.6 Å². The summed E-state index contributed by atoms with van der Waals surface area (Å²) < 4.78 is 0. The maximum atomic E-state index is 12.4. The second-order valence-electron chi connectivity index (χ2n) is 4.65. The summed E-state index contributed by atoms with van der Waals surface area (Å²) in [5, 5.41) is 1.97. The number of carbonyl (C=O) groups is 1. The van der Waals surface area contributed by atoms with E-state index in [1.165, 1.54) is 11.3 Å². The maximum Gasteiger partial charge on any atom is 0.264 e. The van der Waals surface area contributed by atoms with Crippen LogP contribution in [0.15, 0.2) is 17.5 Å². The average molecular weight is 252 g/mol. The molecule has 1 amide bonds. The van der Waals surface area contributed by atoms with Crippen molar-refractivity contribution in [2.45, 2.75) is 25.8 Å². The van der Waals surface area contributed by atoms with Crippen molar-refractivity contribution in [1.29, 1.82) is 0 Å². The first-order chi connectivity index (χ1) is 8.22. The number of likely N-dealkylation sites (N-methyl/N-ethyl adjacent to an activating group) is 1. The summed E-state index contributed by atoms with van der Waals surface area (Å²) in [5.41, 5.74) is 0. The van der Waals surface area contributed by atoms with Crippen LogP contribution in [0.4, 0.5) is 0 Å². The SMILES string of the molecule is CCC1CN(C)CCCN1C(=O)c1cccs1. The molecular formula is C13H20N2OS. The Balaban J connectivity index is 2.14. The molecule has 0 saturated carbocycles. The number of amides is 1. The van der Waals surface area contributed by atoms with Crippen molar-refractivity contribution in [1.82, 2.24) is 9.80 Å². The van der Waals surface area contributed by atoms with Gasteiger partial charge in [-0.2, -0.15) is 0 Å². The first kappa shape index (κ1) is 12.6. The van der Waals surface area contributed by atoms with E-state index in [2.05, 4.69) is 23.8 Å². The Labute approximate surface area is 107 Å². The number of nitrogens with zero attached hydrogens (tertiary/aromatic N) is 2. The number of carbonyl (C=O) groups excluding carboxylic acids is 1. The summed E-state index contributed by atoms with van der Waals surface area (Å²) in [6.45, 7) is 5.14. The molecule has 1 aromatic rings. The zero-order valence-corrected chi connectivity index (χ0v) is 11.4. The van der Waals surface area contributed by atoms with Gasteiger partial charge in [0.1, 0.15) is 0 Å². The van der Waals surface area contributed by atoms with Crippen LogP contribution in [-0.4, -0.2) is 48.4 Å². The molecule has 4 heteroatoms. The Bertz CT molecular complexity index is 364. The minimum atomic E-state index is 0.210. The molecule has 94 valence electrons. The van der Waals surface area contributed by atoms with Gasteiger partial charge >= 0.3 is 0 Å². The molecule has 1 fully saturated rings. The third kappa shape index (κ3) is 2.87. The Morgan fingerprint density at radius 1 is 1.53 bits per heavy atom. The van der Waals surface area contributed by atoms with Crippen LogP contribution in [0, 0.1) is 0 Å². The highest BCUT2D eigenvalue weighted by atomic mass is 32.1. The Kier molecular flexibility index (Phi) is 4.18. The smallest absolute Gasteiger partial charge is 0.264 e. The molecule has 0 spiro atoms. The van der Waals surface area contributed by atoms with Gasteiger partial charge in [0.25, 0.3) is 5.91 Å². The lowest BCUT2D eigenvalue weighted by molar-refractivity contribution is 0.0681. The fourth-order valence-corrected chi connectivity index (χ4v) is 3.08. The van der Waals surface area contributed by atoms with Crippen LogP contribution in [0.3, 0.4) is 0 Å². The van der Waals surface area contributed by atoms with Crippen molar-refractivity contribution in [3.8, 4) is 0 Å². The van der Waals surface area contributed by atoms with Crippen molar-refractivity contribution in [2.75, 3.05) is 26.7 Å². The van der Waals surface area contributed by atoms with Crippen LogP contribution >= 0.6 is 11.3 Å². The van der Waals surface area contributed by atoms with E-state index in [0.717, 1.165) is 37.4 Å². The van der Waals surface area contributed by atoms with E-state index in [1.54, 1.807) is 0 Å². The summed E-state index contributed by atoms with van der Waals surface area (Å²) in [7, 11) is 2.14. The third-order valence-electron chi connectivity index (χ3n) is 3.37. The molecule has 1 aliphatic rings. The molecule has 0 aliphatic carbocycles. The van der Waals surface area contributed by atoms with Gasteiger partial charge in [0.15, 0.2) is 0 Å². The summed E-state index contributed by atoms with van der Waals surface area (Å²) in [5.74, 6) is 0.210. The Morgan fingerprint density at radius 2 is 2.35 bits per heavy atom. The van der Waals surface area contributed by atoms with E-state index < -0.39 is 0 Å². The molecule has 0 N–H and O–H groups in total. The summed E-state index contributed by atoms with van der Waals surface area (Å²) in [6, 6.07) is 4.23. The first-order valence-electron chi connectivity index (χ1n) is 6.25. The van der Waals surface area contributed by atoms with Crippen LogP contribution in [0.25, 0.3) is 0 Å². The third-order valence-corrected chi connectivity index (χ3v) is 4.22. The van der Waals surface area contributed by atoms with E-state index in [4.69, 9.17) is 0 Å². The van der Waals surface area contributed by atoms with Crippen molar-refractivity contribution < 1.29 is 4.79 Å². The van der Waals surface area contributed by atoms with Gasteiger partial charge in [0, 0.05) is 19.1 Å². The Morgan fingerprint density at radius 3 is 3.00 bits per heavy atom. The summed E-state index contributed by atoms with van der Waals surface area (Å²) >= 11 is 1.54. The van der Waals surface area contributed by atoms with Crippen molar-refractivity contribution >= 4 is 17.2 Å². The van der Waals surface area contributed by atoms with Gasteiger partial charge in [-0.3, -0.25) is 4.79 Å². The molecule has 2 heterocycles. The highest BCUT2D eigenvalue weighted by Gasteiger charge is 2.27. The second kappa shape index (κ2) is 5.65. The number of thiophene rings is 1. The molecule has 0 aromatic carbocycles. The van der Waals surface area contributed by atoms with E-state index in [9.17, 15) is 4.79 Å². The van der Waals surface area contributed by atoms with Crippen molar-refractivity contribution in [3.05, 3.63) is 22.4 Å². The molecular weight excluding hydrogens is 232 g/mol. The van der Waals surface area contributed by atoms with Crippen LogP contribution in [0.5, 0.6) is 0 Å². The standard InChI is InChI=1S/C13H20N2OS/c1-3-11-10-14(2)7-5-8-15(11)13(16)12-6-4-9-17-12/h4,6,9,11H,3,5,7-8,10H2,1-2H3. The van der Waals surface area contributed by atoms with Crippen molar-refractivity contribution in [3.63, 3.8) is 0 Å². The summed E-state index contributed by atoms with van der Waals surface area (Å²) in [6.07, 6.45) is 2.10. The maximum absolute atomic E-state index is 12.4. The van der Waals surface area contributed by atoms with E-state index in [-0.39, 0.29) is 5.91 Å². The van der Waals surface area contributed by atoms with Gasteiger partial charge in [-0.25, -0.2) is 0 Å². The predicted molar refractivity (Wildman–Crippen MR) is 71.5 cm³/mol.